The molecular formula is C52H89N2O47P. The van der Waals surface area contributed by atoms with Gasteiger partial charge in [0.25, 0.3) is 11.6 Å². The summed E-state index contributed by atoms with van der Waals surface area (Å²) in [6, 6.07) is -3.26. The lowest BCUT2D eigenvalue weighted by atomic mass is 9.87. The van der Waals surface area contributed by atoms with E-state index < -0.39 is 330 Å². The molecule has 0 aromatic heterocycles. The number of hydrogen-bond donors (Lipinski definition) is 30. The summed E-state index contributed by atoms with van der Waals surface area (Å²) >= 11 is 0. The maximum Gasteiger partial charge on any atom is 0.469 e. The van der Waals surface area contributed by atoms with Crippen LogP contribution in [0.3, 0.4) is 0 Å². The van der Waals surface area contributed by atoms with E-state index in [0.717, 1.165) is 0 Å². The SMILES string of the molecule is N[C@@H]1[C@@H](O)[C@H](O)[C@@H](CO[C@@H]2O[C@H](CO[C@@]3(C(=O)O)O[C@H]([C@H](O)CO)[C@H](O[C@H]4O[C@H](COP(=O)(O)O)[C@@H](O[C@@H]5O[C@H](CO[C@H]6O[C@H](CO[C@H]7O[C@H](CO)[C@@H](O)[C@H](O)[C@H]7O)[C@@H](O)[C@H](O)[C@H]6O)[C@@H](O)[C@H](O)[C@H]5O)[C@H](O)[C@H]4O)[C@H](O[C@]4(C(=O)O)C[C@@H](O)[C@@H](O)[C@@H]([C@H](O)CO)O4)[C@@H]3O)[C@@H](O)[C@H](O)[C@H]2N)O[C@@H]1O. The van der Waals surface area contributed by atoms with Crippen LogP contribution in [-0.4, -0.2) is 458 Å². The molecular weight excluding hydrogens is 1440 g/mol. The van der Waals surface area contributed by atoms with Crippen LogP contribution < -0.4 is 11.5 Å². The first-order valence-corrected chi connectivity index (χ1v) is 32.8. The molecule has 0 aromatic rings. The van der Waals surface area contributed by atoms with Gasteiger partial charge >= 0.3 is 19.8 Å². The number of carboxylic acid groups (broad SMARTS) is 2. The highest BCUT2D eigenvalue weighted by atomic mass is 31.2. The normalized spacial score (nSPS) is 49.7. The van der Waals surface area contributed by atoms with Gasteiger partial charge in [0.05, 0.1) is 71.0 Å². The smallest absolute Gasteiger partial charge is 0.469 e. The third kappa shape index (κ3) is 18.0. The van der Waals surface area contributed by atoms with Gasteiger partial charge in [0, 0.05) is 6.42 Å². The van der Waals surface area contributed by atoms with Crippen molar-refractivity contribution in [1.82, 2.24) is 0 Å². The van der Waals surface area contributed by atoms with Crippen LogP contribution in [0.2, 0.25) is 0 Å². The second-order valence-electron chi connectivity index (χ2n) is 25.3. The number of nitrogens with two attached hydrogens (primary N) is 2. The zero-order valence-electron chi connectivity index (χ0n) is 52.8. The standard InChI is InChI=1S/C52H89N2O47P/c53-19-27(67)23(63)14(91-43(19)78)5-86-44-20(54)28(68)24(64)17(93-44)8-89-52(50(81)82)42(77)41(100-51(49(79)80)1-10(58)21(61)37(99-51)11(59)2-55)40(38(101-52)12(60)3-56)98-48-36(76)32(72)39(18(96-48)9-90-102(83,84)85)97-47-35(75)31(71)26(66)16(95-47)7-88-46-34(74)30(70)25(65)15(94-46)6-87-45-33(73)29(69)22(62)13(4-57)92-45/h10-48,55-78H,1-9,53-54H2,(H,79,80)(H,81,82)(H2,83,84,85)/t10-,11-,12-,13-,14-,15-,16-,17-,18-,19-,20-,21-,22-,23-,24-,25-,26-,27-,28-,29+,30+,31+,32-,33-,34-,35-,36-,37-,38-,39-,40+,41+,42+,43+,44-,45+,46+,47+,48-,51+,52-/m1/s1. The maximum absolute atomic E-state index is 13.8. The summed E-state index contributed by atoms with van der Waals surface area (Å²) in [6.45, 7) is -9.58. The van der Waals surface area contributed by atoms with Crippen LogP contribution in [0.1, 0.15) is 6.42 Å². The summed E-state index contributed by atoms with van der Waals surface area (Å²) in [5, 5.41) is 282. The Labute approximate surface area is 572 Å². The molecule has 102 heavy (non-hydrogen) atoms. The zero-order chi connectivity index (χ0) is 75.8. The number of hydrogen-bond acceptors (Lipinski definition) is 45. The van der Waals surface area contributed by atoms with E-state index in [9.17, 15) is 157 Å². The molecule has 0 aromatic carbocycles. The molecule has 0 spiro atoms. The molecule has 0 saturated carbocycles. The van der Waals surface area contributed by atoms with E-state index in [1.807, 2.05) is 0 Å². The summed E-state index contributed by atoms with van der Waals surface area (Å²) < 4.78 is 101. The Balaban J connectivity index is 1.07. The minimum atomic E-state index is -5.72. The number of phosphoric acid groups is 1. The molecule has 8 aliphatic rings. The molecule has 8 fully saturated rings. The van der Waals surface area contributed by atoms with Crippen LogP contribution in [0.5, 0.6) is 0 Å². The predicted octanol–water partition coefficient (Wildman–Crippen LogP) is -19.7. The van der Waals surface area contributed by atoms with Gasteiger partial charge in [-0.15, -0.1) is 0 Å². The van der Waals surface area contributed by atoms with Gasteiger partial charge in [0.2, 0.25) is 0 Å². The van der Waals surface area contributed by atoms with Crippen molar-refractivity contribution in [3.8, 4) is 0 Å². The van der Waals surface area contributed by atoms with Crippen LogP contribution in [0.4, 0.5) is 0 Å². The summed E-state index contributed by atoms with van der Waals surface area (Å²) in [4.78, 5) is 47.0. The average Bonchev–Trinajstić information content (AvgIpc) is 0.729. The van der Waals surface area contributed by atoms with E-state index in [2.05, 4.69) is 4.52 Å². The molecule has 0 radical (unpaired) electrons. The molecule has 0 amide bonds. The molecule has 8 aliphatic heterocycles. The Kier molecular flexibility index (Phi) is 29.1. The van der Waals surface area contributed by atoms with Crippen molar-refractivity contribution >= 4 is 19.8 Å². The molecule has 594 valence electrons. The van der Waals surface area contributed by atoms with Crippen molar-refractivity contribution in [3.05, 3.63) is 0 Å². The summed E-state index contributed by atoms with van der Waals surface area (Å²) in [5.74, 6) is -12.5. The van der Waals surface area contributed by atoms with Gasteiger partial charge in [-0.1, -0.05) is 0 Å². The lowest BCUT2D eigenvalue weighted by molar-refractivity contribution is -0.422. The maximum atomic E-state index is 13.8. The van der Waals surface area contributed by atoms with E-state index in [0.29, 0.717) is 0 Å². The van der Waals surface area contributed by atoms with Gasteiger partial charge in [0.1, 0.15) is 183 Å². The van der Waals surface area contributed by atoms with Crippen LogP contribution in [0, 0.1) is 0 Å². The first kappa shape index (κ1) is 85.0. The second-order valence-corrected chi connectivity index (χ2v) is 26.5. The number of aliphatic carboxylic acids is 2. The molecule has 8 heterocycles. The van der Waals surface area contributed by atoms with E-state index in [1.165, 1.54) is 0 Å². The summed E-state index contributed by atoms with van der Waals surface area (Å²) in [6.07, 6.45) is -84.8. The third-order valence-electron chi connectivity index (χ3n) is 18.3. The predicted molar refractivity (Wildman–Crippen MR) is 303 cm³/mol. The highest BCUT2D eigenvalue weighted by Gasteiger charge is 2.68. The fourth-order valence-electron chi connectivity index (χ4n) is 12.3. The molecule has 32 N–H and O–H groups in total. The minimum absolute atomic E-state index is 0.837. The van der Waals surface area contributed by atoms with Crippen molar-refractivity contribution in [1.29, 1.82) is 0 Å². The van der Waals surface area contributed by atoms with Crippen LogP contribution >= 0.6 is 7.82 Å². The number of carboxylic acids is 2. The fraction of sp³-hybridized carbons (Fsp3) is 0.962. The monoisotopic (exact) mass is 1520 g/mol. The van der Waals surface area contributed by atoms with E-state index in [-0.39, 0.29) is 0 Å². The van der Waals surface area contributed by atoms with E-state index in [1.54, 1.807) is 0 Å². The third-order valence-corrected chi connectivity index (χ3v) is 18.8. The van der Waals surface area contributed by atoms with Crippen LogP contribution in [0.25, 0.3) is 0 Å². The number of carbonyl (C=O) groups is 2. The van der Waals surface area contributed by atoms with Crippen molar-refractivity contribution in [2.75, 3.05) is 52.9 Å². The number of aliphatic hydroxyl groups is 24. The molecule has 8 saturated heterocycles. The fourth-order valence-corrected chi connectivity index (χ4v) is 12.6. The summed E-state index contributed by atoms with van der Waals surface area (Å²) in [7, 11) is -5.72. The Bertz CT molecular complexity index is 2720. The molecule has 0 bridgehead atoms. The first-order chi connectivity index (χ1) is 47.7. The van der Waals surface area contributed by atoms with Crippen molar-refractivity contribution in [2.24, 2.45) is 11.5 Å². The van der Waals surface area contributed by atoms with Gasteiger partial charge in [0.15, 0.2) is 37.7 Å². The van der Waals surface area contributed by atoms with Crippen LogP contribution in [-0.2, 0) is 89.7 Å². The van der Waals surface area contributed by atoms with Gasteiger partial charge in [-0.05, 0) is 0 Å². The summed E-state index contributed by atoms with van der Waals surface area (Å²) in [5.41, 5.74) is 11.7. The Hall–Kier alpha value is -2.59. The molecule has 50 heteroatoms. The highest BCUT2D eigenvalue weighted by molar-refractivity contribution is 7.46. The number of phosphoric ester groups is 1. The molecule has 0 aliphatic carbocycles. The van der Waals surface area contributed by atoms with Gasteiger partial charge in [-0.3, -0.25) is 4.52 Å². The number of rotatable bonds is 28. The lowest BCUT2D eigenvalue weighted by Crippen LogP contribution is -2.75. The molecule has 49 nitrogen and oxygen atoms in total. The minimum Gasteiger partial charge on any atom is -0.477 e. The molecule has 0 unspecified atom stereocenters. The zero-order valence-corrected chi connectivity index (χ0v) is 53.7. The van der Waals surface area contributed by atoms with Crippen molar-refractivity contribution in [2.45, 2.75) is 257 Å². The highest BCUT2D eigenvalue weighted by Crippen LogP contribution is 2.45. The lowest BCUT2D eigenvalue weighted by Gasteiger charge is -2.54. The quantitative estimate of drug-likeness (QED) is 0.0324. The van der Waals surface area contributed by atoms with E-state index >= 15 is 0 Å². The van der Waals surface area contributed by atoms with Gasteiger partial charge in [-0.25, -0.2) is 14.2 Å². The van der Waals surface area contributed by atoms with Crippen molar-refractivity contribution < 1.29 is 232 Å². The topological polar surface area (TPSA) is 817 Å². The Morgan fingerprint density at radius 1 is 0.441 bits per heavy atom. The molecule has 8 rings (SSSR count). The average molecular weight is 1530 g/mol. The van der Waals surface area contributed by atoms with Gasteiger partial charge < -0.3 is 225 Å². The number of ether oxygens (including phenoxy) is 15. The first-order valence-electron chi connectivity index (χ1n) is 31.3. The Morgan fingerprint density at radius 3 is 1.37 bits per heavy atom. The Morgan fingerprint density at radius 2 is 0.863 bits per heavy atom. The number of aliphatic hydroxyl groups excluding tert-OH is 24. The van der Waals surface area contributed by atoms with E-state index in [4.69, 9.17) is 82.5 Å². The van der Waals surface area contributed by atoms with Gasteiger partial charge in [-0.2, -0.15) is 0 Å². The van der Waals surface area contributed by atoms with Crippen molar-refractivity contribution in [3.63, 3.8) is 0 Å². The largest absolute Gasteiger partial charge is 0.477 e. The van der Waals surface area contributed by atoms with Crippen LogP contribution in [0.15, 0.2) is 0 Å². The molecule has 41 atom stereocenters. The second kappa shape index (κ2) is 35.0.